The van der Waals surface area contributed by atoms with Gasteiger partial charge in [-0.15, -0.1) is 0 Å². The molecule has 18 heavy (non-hydrogen) atoms. The zero-order valence-electron chi connectivity index (χ0n) is 8.94. The van der Waals surface area contributed by atoms with Gasteiger partial charge in [0.25, 0.3) is 0 Å². The SMILES string of the molecule is O=C1CC(S(=O)(=O)Cl)CN1c1cc(Br)cc(Br)c1. The summed E-state index contributed by atoms with van der Waals surface area (Å²) in [6.07, 6.45) is -0.0734. The second-order valence-corrected chi connectivity index (χ2v) is 8.67. The van der Waals surface area contributed by atoms with Gasteiger partial charge in [0.15, 0.2) is 0 Å². The smallest absolute Gasteiger partial charge is 0.237 e. The highest BCUT2D eigenvalue weighted by molar-refractivity contribution is 9.11. The molecular weight excluding hydrogens is 409 g/mol. The van der Waals surface area contributed by atoms with E-state index in [-0.39, 0.29) is 18.9 Å². The zero-order valence-corrected chi connectivity index (χ0v) is 13.7. The first kappa shape index (κ1) is 14.3. The van der Waals surface area contributed by atoms with Crippen LogP contribution in [0.2, 0.25) is 0 Å². The highest BCUT2D eigenvalue weighted by atomic mass is 79.9. The fraction of sp³-hybridized carbons (Fsp3) is 0.300. The Hall–Kier alpha value is -0.110. The lowest BCUT2D eigenvalue weighted by atomic mass is 10.3. The maximum Gasteiger partial charge on any atom is 0.237 e. The van der Waals surface area contributed by atoms with Crippen LogP contribution in [0.1, 0.15) is 6.42 Å². The van der Waals surface area contributed by atoms with E-state index in [1.54, 1.807) is 12.1 Å². The molecule has 1 aromatic carbocycles. The average molecular weight is 418 g/mol. The topological polar surface area (TPSA) is 54.5 Å². The van der Waals surface area contributed by atoms with Crippen molar-refractivity contribution in [3.8, 4) is 0 Å². The van der Waals surface area contributed by atoms with E-state index in [1.807, 2.05) is 6.07 Å². The molecule has 0 spiro atoms. The monoisotopic (exact) mass is 415 g/mol. The van der Waals surface area contributed by atoms with Gasteiger partial charge in [-0.3, -0.25) is 4.79 Å². The molecule has 1 amide bonds. The number of carbonyl (C=O) groups excluding carboxylic acids is 1. The molecule has 1 atom stereocenters. The second-order valence-electron chi connectivity index (χ2n) is 3.93. The van der Waals surface area contributed by atoms with Gasteiger partial charge in [0.1, 0.15) is 5.25 Å². The Bertz CT molecular complexity index is 585. The first-order valence-electron chi connectivity index (χ1n) is 4.97. The van der Waals surface area contributed by atoms with Crippen LogP contribution in [0, 0.1) is 0 Å². The van der Waals surface area contributed by atoms with Gasteiger partial charge in [0, 0.05) is 38.3 Å². The number of rotatable bonds is 2. The minimum atomic E-state index is -3.71. The van der Waals surface area contributed by atoms with E-state index in [4.69, 9.17) is 10.7 Å². The van der Waals surface area contributed by atoms with Gasteiger partial charge in [0.05, 0.1) is 0 Å². The van der Waals surface area contributed by atoms with E-state index in [2.05, 4.69) is 31.9 Å². The summed E-state index contributed by atoms with van der Waals surface area (Å²) in [6.45, 7) is 0.0908. The summed E-state index contributed by atoms with van der Waals surface area (Å²) in [5, 5.41) is -0.843. The molecule has 1 aromatic rings. The predicted molar refractivity (Wildman–Crippen MR) is 77.4 cm³/mol. The van der Waals surface area contributed by atoms with Crippen LogP contribution in [-0.4, -0.2) is 26.1 Å². The van der Waals surface area contributed by atoms with Crippen LogP contribution >= 0.6 is 42.5 Å². The molecule has 1 fully saturated rings. The van der Waals surface area contributed by atoms with Crippen LogP contribution in [0.5, 0.6) is 0 Å². The summed E-state index contributed by atoms with van der Waals surface area (Å²) in [7, 11) is 1.58. The van der Waals surface area contributed by atoms with Crippen molar-refractivity contribution in [2.45, 2.75) is 11.7 Å². The Morgan fingerprint density at radius 1 is 1.22 bits per heavy atom. The lowest BCUT2D eigenvalue weighted by molar-refractivity contribution is -0.117. The zero-order chi connectivity index (χ0) is 13.5. The standard InChI is InChI=1S/C10H8Br2ClNO3S/c11-6-1-7(12)3-8(2-6)14-5-9(4-10(14)15)18(13,16)17/h1-3,9H,4-5H2. The maximum absolute atomic E-state index is 11.8. The molecule has 0 N–H and O–H groups in total. The highest BCUT2D eigenvalue weighted by Crippen LogP contribution is 2.31. The van der Waals surface area contributed by atoms with Crippen molar-refractivity contribution in [3.05, 3.63) is 27.1 Å². The predicted octanol–water partition coefficient (Wildman–Crippen LogP) is 2.89. The van der Waals surface area contributed by atoms with Crippen LogP contribution in [0.25, 0.3) is 0 Å². The molecule has 98 valence electrons. The van der Waals surface area contributed by atoms with Crippen molar-refractivity contribution in [1.29, 1.82) is 0 Å². The van der Waals surface area contributed by atoms with E-state index >= 15 is 0 Å². The van der Waals surface area contributed by atoms with Gasteiger partial charge in [-0.25, -0.2) is 8.42 Å². The Labute approximate surface area is 126 Å². The fourth-order valence-corrected chi connectivity index (χ4v) is 4.10. The lowest BCUT2D eigenvalue weighted by Crippen LogP contribution is -2.26. The third-order valence-electron chi connectivity index (χ3n) is 2.65. The van der Waals surface area contributed by atoms with Gasteiger partial charge >= 0.3 is 0 Å². The lowest BCUT2D eigenvalue weighted by Gasteiger charge is -2.17. The fourth-order valence-electron chi connectivity index (χ4n) is 1.81. The van der Waals surface area contributed by atoms with Gasteiger partial charge in [-0.1, -0.05) is 31.9 Å². The molecule has 8 heteroatoms. The normalized spacial score (nSPS) is 20.5. The van der Waals surface area contributed by atoms with Crippen molar-refractivity contribution in [2.24, 2.45) is 0 Å². The van der Waals surface area contributed by atoms with Crippen LogP contribution < -0.4 is 4.90 Å². The van der Waals surface area contributed by atoms with Gasteiger partial charge in [0.2, 0.25) is 15.0 Å². The van der Waals surface area contributed by atoms with Crippen molar-refractivity contribution in [1.82, 2.24) is 0 Å². The number of hydrogen-bond donors (Lipinski definition) is 0. The summed E-state index contributed by atoms with van der Waals surface area (Å²) in [5.74, 6) is -0.241. The minimum Gasteiger partial charge on any atom is -0.311 e. The van der Waals surface area contributed by atoms with Crippen molar-refractivity contribution < 1.29 is 13.2 Å². The molecule has 1 saturated heterocycles. The molecule has 0 bridgehead atoms. The number of anilines is 1. The largest absolute Gasteiger partial charge is 0.311 e. The van der Waals surface area contributed by atoms with E-state index in [1.165, 1.54) is 4.90 Å². The molecule has 1 aliphatic heterocycles. The van der Waals surface area contributed by atoms with Gasteiger partial charge in [-0.2, -0.15) is 0 Å². The summed E-state index contributed by atoms with van der Waals surface area (Å²) >= 11 is 6.64. The van der Waals surface area contributed by atoms with E-state index < -0.39 is 14.3 Å². The first-order chi connectivity index (χ1) is 8.27. The number of carbonyl (C=O) groups is 1. The van der Waals surface area contributed by atoms with Crippen LogP contribution in [0.15, 0.2) is 27.1 Å². The van der Waals surface area contributed by atoms with E-state index in [0.717, 1.165) is 8.95 Å². The number of hydrogen-bond acceptors (Lipinski definition) is 3. The van der Waals surface area contributed by atoms with E-state index in [9.17, 15) is 13.2 Å². The van der Waals surface area contributed by atoms with Gasteiger partial charge < -0.3 is 4.90 Å². The molecule has 2 rings (SSSR count). The maximum atomic E-state index is 11.8. The highest BCUT2D eigenvalue weighted by Gasteiger charge is 2.38. The average Bonchev–Trinajstić information content (AvgIpc) is 2.58. The number of benzene rings is 1. The molecule has 0 aromatic heterocycles. The molecule has 0 aliphatic carbocycles. The minimum absolute atomic E-state index is 0.0734. The Balaban J connectivity index is 2.32. The summed E-state index contributed by atoms with van der Waals surface area (Å²) in [6, 6.07) is 5.34. The summed E-state index contributed by atoms with van der Waals surface area (Å²) < 4.78 is 24.1. The van der Waals surface area contributed by atoms with Crippen LogP contribution in [0.4, 0.5) is 5.69 Å². The van der Waals surface area contributed by atoms with Crippen molar-refractivity contribution in [2.75, 3.05) is 11.4 Å². The molecule has 1 unspecified atom stereocenters. The van der Waals surface area contributed by atoms with Crippen molar-refractivity contribution >= 4 is 63.2 Å². The Morgan fingerprint density at radius 3 is 2.22 bits per heavy atom. The molecule has 1 heterocycles. The van der Waals surface area contributed by atoms with Crippen molar-refractivity contribution in [3.63, 3.8) is 0 Å². The number of nitrogens with zero attached hydrogens (tertiary/aromatic N) is 1. The van der Waals surface area contributed by atoms with Crippen LogP contribution in [0.3, 0.4) is 0 Å². The molecule has 4 nitrogen and oxygen atoms in total. The van der Waals surface area contributed by atoms with Crippen LogP contribution in [-0.2, 0) is 13.8 Å². The molecule has 0 radical (unpaired) electrons. The summed E-state index contributed by atoms with van der Waals surface area (Å²) in [5.41, 5.74) is 0.643. The number of halogens is 3. The van der Waals surface area contributed by atoms with E-state index in [0.29, 0.717) is 5.69 Å². The molecule has 1 aliphatic rings. The third kappa shape index (κ3) is 3.07. The quantitative estimate of drug-likeness (QED) is 0.696. The van der Waals surface area contributed by atoms with Gasteiger partial charge in [-0.05, 0) is 18.2 Å². The number of amides is 1. The third-order valence-corrected chi connectivity index (χ3v) is 5.43. The molecular formula is C10H8Br2ClNO3S. The summed E-state index contributed by atoms with van der Waals surface area (Å²) in [4.78, 5) is 13.3. The Morgan fingerprint density at radius 2 is 1.78 bits per heavy atom. The second kappa shape index (κ2) is 5.11. The molecule has 0 saturated carbocycles. The first-order valence-corrected chi connectivity index (χ1v) is 8.93. The Kier molecular flexibility index (Phi) is 4.06.